The van der Waals surface area contributed by atoms with E-state index >= 15 is 0 Å². The fourth-order valence-corrected chi connectivity index (χ4v) is 8.00. The third kappa shape index (κ3) is 10.9. The number of halogens is 1. The molecule has 0 radical (unpaired) electrons. The molecular weight excluding hydrogens is 666 g/mol. The molecule has 1 heterocycles. The first kappa shape index (κ1) is 39.5. The number of unbranched alkanes of at least 4 members (excludes halogenated alkanes) is 1. The van der Waals surface area contributed by atoms with Crippen LogP contribution in [0.15, 0.2) is 97.1 Å². The summed E-state index contributed by atoms with van der Waals surface area (Å²) in [5, 5.41) is 6.10. The van der Waals surface area contributed by atoms with Gasteiger partial charge in [-0.15, -0.1) is 0 Å². The molecule has 4 aromatic rings. The molecule has 1 aliphatic rings. The van der Waals surface area contributed by atoms with E-state index in [0.717, 1.165) is 81.5 Å². The molecule has 282 valence electrons. The Kier molecular flexibility index (Phi) is 14.9. The van der Waals surface area contributed by atoms with E-state index in [1.165, 1.54) is 34.4 Å². The summed E-state index contributed by atoms with van der Waals surface area (Å²) in [4.78, 5) is 26.9. The van der Waals surface area contributed by atoms with Crippen LogP contribution in [-0.2, 0) is 27.8 Å². The van der Waals surface area contributed by atoms with Crippen LogP contribution in [0.5, 0.6) is 11.5 Å². The zero-order chi connectivity index (χ0) is 37.5. The second-order valence-corrected chi connectivity index (χ2v) is 14.2. The Labute approximate surface area is 315 Å². The molecule has 0 spiro atoms. The van der Waals surface area contributed by atoms with E-state index in [1.807, 2.05) is 0 Å². The molecule has 0 aliphatic carbocycles. The van der Waals surface area contributed by atoms with Crippen molar-refractivity contribution >= 4 is 11.8 Å². The van der Waals surface area contributed by atoms with Crippen LogP contribution in [0.4, 0.5) is 4.39 Å². The van der Waals surface area contributed by atoms with Crippen molar-refractivity contribution in [1.82, 2.24) is 15.5 Å². The van der Waals surface area contributed by atoms with Gasteiger partial charge < -0.3 is 20.1 Å². The predicted octanol–water partition coefficient (Wildman–Crippen LogP) is 8.34. The van der Waals surface area contributed by atoms with Crippen LogP contribution < -0.4 is 20.1 Å². The summed E-state index contributed by atoms with van der Waals surface area (Å²) < 4.78 is 24.7. The average molecular weight is 722 g/mol. The van der Waals surface area contributed by atoms with Gasteiger partial charge in [0.1, 0.15) is 5.82 Å². The Morgan fingerprint density at radius 3 is 2.06 bits per heavy atom. The third-order valence-electron chi connectivity index (χ3n) is 10.7. The van der Waals surface area contributed by atoms with Crippen molar-refractivity contribution in [2.75, 3.05) is 40.4 Å². The van der Waals surface area contributed by atoms with Crippen molar-refractivity contribution in [2.45, 2.75) is 82.6 Å². The maximum Gasteiger partial charge on any atom is 0.220 e. The maximum atomic E-state index is 13.3. The number of rotatable bonds is 20. The standard InChI is InChI=1S/C45H56FN3O4/c1-34(50)47-28-11-10-18-41-40-33-43(53-3)42(52-2)32-36(40)25-31-49(41)30-13-27-45(37-14-6-4-7-15-37,38-16-8-5-9-17-38)26-12-29-48-44(51)24-21-35-19-22-39(46)23-20-35/h4-9,14-17,19-20,22-23,32-33,41H,10-13,18,21,24-31H2,1-3H3,(H,47,50)(H,48,51). The second-order valence-electron chi connectivity index (χ2n) is 14.2. The zero-order valence-electron chi connectivity index (χ0n) is 31.7. The molecule has 2 amide bonds. The topological polar surface area (TPSA) is 79.9 Å². The Balaban J connectivity index is 1.31. The van der Waals surface area contributed by atoms with Crippen LogP contribution in [0.25, 0.3) is 0 Å². The molecular formula is C45H56FN3O4. The summed E-state index contributed by atoms with van der Waals surface area (Å²) in [7, 11) is 3.38. The summed E-state index contributed by atoms with van der Waals surface area (Å²) in [6, 6.07) is 32.6. The molecule has 0 aromatic heterocycles. The molecule has 5 rings (SSSR count). The molecule has 8 heteroatoms. The van der Waals surface area contributed by atoms with Gasteiger partial charge >= 0.3 is 0 Å². The Bertz CT molecular complexity index is 1690. The number of methoxy groups -OCH3 is 2. The lowest BCUT2D eigenvalue weighted by molar-refractivity contribution is -0.121. The van der Waals surface area contributed by atoms with Gasteiger partial charge in [0.2, 0.25) is 11.8 Å². The van der Waals surface area contributed by atoms with Gasteiger partial charge in [-0.3, -0.25) is 14.5 Å². The highest BCUT2D eigenvalue weighted by Gasteiger charge is 2.35. The van der Waals surface area contributed by atoms with Gasteiger partial charge in [0.25, 0.3) is 0 Å². The van der Waals surface area contributed by atoms with Crippen molar-refractivity contribution in [1.29, 1.82) is 0 Å². The fraction of sp³-hybridized carbons (Fsp3) is 0.422. The van der Waals surface area contributed by atoms with Crippen molar-refractivity contribution in [3.8, 4) is 11.5 Å². The Morgan fingerprint density at radius 2 is 1.42 bits per heavy atom. The first-order valence-electron chi connectivity index (χ1n) is 19.2. The van der Waals surface area contributed by atoms with Gasteiger partial charge in [-0.25, -0.2) is 4.39 Å². The number of amides is 2. The minimum atomic E-state index is -0.267. The first-order valence-corrected chi connectivity index (χ1v) is 19.2. The monoisotopic (exact) mass is 721 g/mol. The highest BCUT2D eigenvalue weighted by atomic mass is 19.1. The number of benzene rings is 4. The molecule has 2 N–H and O–H groups in total. The van der Waals surface area contributed by atoms with Gasteiger partial charge in [-0.05, 0) is 116 Å². The predicted molar refractivity (Wildman–Crippen MR) is 210 cm³/mol. The molecule has 0 fully saturated rings. The molecule has 0 bridgehead atoms. The molecule has 0 saturated heterocycles. The maximum absolute atomic E-state index is 13.3. The highest BCUT2D eigenvalue weighted by molar-refractivity contribution is 5.76. The number of carbonyl (C=O) groups is 2. The van der Waals surface area contributed by atoms with Gasteiger partial charge in [0.15, 0.2) is 11.5 Å². The van der Waals surface area contributed by atoms with E-state index in [9.17, 15) is 14.0 Å². The van der Waals surface area contributed by atoms with E-state index in [-0.39, 0.29) is 29.1 Å². The van der Waals surface area contributed by atoms with E-state index < -0.39 is 0 Å². The molecule has 1 atom stereocenters. The lowest BCUT2D eigenvalue weighted by Gasteiger charge is -2.40. The van der Waals surface area contributed by atoms with Gasteiger partial charge in [0.05, 0.1) is 14.2 Å². The van der Waals surface area contributed by atoms with E-state index in [1.54, 1.807) is 33.3 Å². The quantitative estimate of drug-likeness (QED) is 0.0898. The summed E-state index contributed by atoms with van der Waals surface area (Å²) >= 11 is 0. The smallest absolute Gasteiger partial charge is 0.220 e. The van der Waals surface area contributed by atoms with E-state index in [2.05, 4.69) is 88.3 Å². The Hall–Kier alpha value is -4.69. The van der Waals surface area contributed by atoms with Crippen molar-refractivity contribution < 1.29 is 23.5 Å². The second kappa shape index (κ2) is 20.0. The van der Waals surface area contributed by atoms with E-state index in [4.69, 9.17) is 9.47 Å². The van der Waals surface area contributed by atoms with E-state index in [0.29, 0.717) is 25.9 Å². The number of aryl methyl sites for hydroxylation is 1. The minimum Gasteiger partial charge on any atom is -0.493 e. The number of hydrogen-bond acceptors (Lipinski definition) is 5. The normalized spacial score (nSPS) is 14.3. The lowest BCUT2D eigenvalue weighted by atomic mass is 9.68. The van der Waals surface area contributed by atoms with Crippen molar-refractivity contribution in [3.63, 3.8) is 0 Å². The number of hydrogen-bond donors (Lipinski definition) is 2. The van der Waals surface area contributed by atoms with Crippen LogP contribution in [-0.4, -0.2) is 57.1 Å². The van der Waals surface area contributed by atoms with Crippen LogP contribution >= 0.6 is 0 Å². The summed E-state index contributed by atoms with van der Waals surface area (Å²) in [5.74, 6) is 1.28. The number of fused-ring (bicyclic) bond motifs is 1. The van der Waals surface area contributed by atoms with Gasteiger partial charge in [0, 0.05) is 44.4 Å². The number of carbonyl (C=O) groups excluding carboxylic acids is 2. The SMILES string of the molecule is COc1cc2c(cc1OC)C(CCCCNC(C)=O)N(CCCC(CCCNC(=O)CCc1ccc(F)cc1)(c1ccccc1)c1ccccc1)CC2. The third-order valence-corrected chi connectivity index (χ3v) is 10.7. The summed E-state index contributed by atoms with van der Waals surface area (Å²) in [6.07, 6.45) is 8.52. The number of nitrogens with one attached hydrogen (secondary N) is 2. The molecule has 1 aliphatic heterocycles. The molecule has 1 unspecified atom stereocenters. The van der Waals surface area contributed by atoms with Crippen molar-refractivity contribution in [3.05, 3.63) is 131 Å². The molecule has 53 heavy (non-hydrogen) atoms. The molecule has 4 aromatic carbocycles. The van der Waals surface area contributed by atoms with Crippen LogP contribution in [0.3, 0.4) is 0 Å². The molecule has 7 nitrogen and oxygen atoms in total. The number of nitrogens with zero attached hydrogens (tertiary/aromatic N) is 1. The van der Waals surface area contributed by atoms with Crippen LogP contribution in [0.1, 0.15) is 92.1 Å². The van der Waals surface area contributed by atoms with Gasteiger partial charge in [-0.2, -0.15) is 0 Å². The van der Waals surface area contributed by atoms with Gasteiger partial charge in [-0.1, -0.05) is 72.8 Å². The molecule has 0 saturated carbocycles. The summed E-state index contributed by atoms with van der Waals surface area (Å²) in [5.41, 5.74) is 5.94. The van der Waals surface area contributed by atoms with Crippen LogP contribution in [0, 0.1) is 5.82 Å². The Morgan fingerprint density at radius 1 is 0.792 bits per heavy atom. The highest BCUT2D eigenvalue weighted by Crippen LogP contribution is 2.43. The summed E-state index contributed by atoms with van der Waals surface area (Å²) in [6.45, 7) is 4.76. The van der Waals surface area contributed by atoms with Crippen LogP contribution in [0.2, 0.25) is 0 Å². The minimum absolute atomic E-state index is 0.0102. The number of ether oxygens (including phenoxy) is 2. The fourth-order valence-electron chi connectivity index (χ4n) is 8.00. The van der Waals surface area contributed by atoms with Crippen molar-refractivity contribution in [2.24, 2.45) is 0 Å². The first-order chi connectivity index (χ1) is 25.8. The average Bonchev–Trinajstić information content (AvgIpc) is 3.18. The zero-order valence-corrected chi connectivity index (χ0v) is 31.7. The largest absolute Gasteiger partial charge is 0.493 e. The lowest BCUT2D eigenvalue weighted by Crippen LogP contribution is -2.37.